The molecule has 0 bridgehead atoms. The Hall–Kier alpha value is -1.93. The van der Waals surface area contributed by atoms with Crippen molar-refractivity contribution in [2.75, 3.05) is 4.72 Å². The third-order valence-electron chi connectivity index (χ3n) is 2.70. The number of hydrogen-bond acceptors (Lipinski definition) is 6. The summed E-state index contributed by atoms with van der Waals surface area (Å²) < 4.78 is 31.5. The van der Waals surface area contributed by atoms with Crippen molar-refractivity contribution in [3.8, 4) is 0 Å². The second kappa shape index (κ2) is 6.23. The summed E-state index contributed by atoms with van der Waals surface area (Å²) in [6.07, 6.45) is 0. The maximum Gasteiger partial charge on any atom is 0.329 e. The molecule has 0 amide bonds. The molecule has 1 heterocycles. The lowest BCUT2D eigenvalue weighted by molar-refractivity contribution is 0.534. The Kier molecular flexibility index (Phi) is 4.59. The van der Waals surface area contributed by atoms with Gasteiger partial charge in [-0.15, -0.1) is 5.10 Å². The van der Waals surface area contributed by atoms with E-state index in [0.29, 0.717) is 18.5 Å². The van der Waals surface area contributed by atoms with Crippen LogP contribution in [0.4, 0.5) is 6.01 Å². The van der Waals surface area contributed by atoms with E-state index in [1.165, 1.54) is 0 Å². The third-order valence-corrected chi connectivity index (χ3v) is 4.03. The molecule has 0 spiro atoms. The van der Waals surface area contributed by atoms with Crippen molar-refractivity contribution in [1.29, 1.82) is 0 Å². The Morgan fingerprint density at radius 3 is 2.38 bits per heavy atom. The summed E-state index contributed by atoms with van der Waals surface area (Å²) >= 11 is 0. The fourth-order valence-corrected chi connectivity index (χ4v) is 2.54. The van der Waals surface area contributed by atoms with Gasteiger partial charge in [-0.05, 0) is 17.7 Å². The molecule has 1 aromatic carbocycles. The number of hydrogen-bond donors (Lipinski definition) is 2. The molecule has 2 rings (SSSR count). The summed E-state index contributed by atoms with van der Waals surface area (Å²) in [4.78, 5) is 0.145. The van der Waals surface area contributed by atoms with Crippen LogP contribution in [0.1, 0.15) is 25.3 Å². The van der Waals surface area contributed by atoms with Crippen LogP contribution in [0.15, 0.2) is 33.6 Å². The largest absolute Gasteiger partial charge is 0.408 e. The van der Waals surface area contributed by atoms with E-state index in [2.05, 4.69) is 34.1 Å². The number of anilines is 1. The highest BCUT2D eigenvalue weighted by Crippen LogP contribution is 2.15. The fraction of sp³-hybridized carbons (Fsp3) is 0.385. The molecule has 0 aliphatic rings. The Labute approximate surface area is 123 Å². The number of nitrogens with zero attached hydrogens (tertiary/aromatic N) is 2. The van der Waals surface area contributed by atoms with Crippen molar-refractivity contribution in [1.82, 2.24) is 15.5 Å². The lowest BCUT2D eigenvalue weighted by Crippen LogP contribution is -2.21. The summed E-state index contributed by atoms with van der Waals surface area (Å²) in [5.41, 5.74) is 1.01. The van der Waals surface area contributed by atoms with Gasteiger partial charge in [0.2, 0.25) is 5.89 Å². The van der Waals surface area contributed by atoms with Crippen LogP contribution < -0.4 is 10.0 Å². The minimum absolute atomic E-state index is 0.141. The van der Waals surface area contributed by atoms with Gasteiger partial charge in [0.1, 0.15) is 0 Å². The number of nitrogens with one attached hydrogen (secondary N) is 2. The second-order valence-corrected chi connectivity index (χ2v) is 6.59. The summed E-state index contributed by atoms with van der Waals surface area (Å²) in [6.45, 7) is 6.37. The predicted molar refractivity (Wildman–Crippen MR) is 78.3 cm³/mol. The van der Waals surface area contributed by atoms with Gasteiger partial charge in [-0.2, -0.15) is 0 Å². The third kappa shape index (κ3) is 4.27. The molecule has 2 aromatic rings. The molecule has 0 aliphatic carbocycles. The van der Waals surface area contributed by atoms with Crippen molar-refractivity contribution in [3.63, 3.8) is 0 Å². The molecule has 1 aromatic heterocycles. The zero-order valence-electron chi connectivity index (χ0n) is 12.1. The van der Waals surface area contributed by atoms with Crippen molar-refractivity contribution in [3.05, 3.63) is 35.7 Å². The topological polar surface area (TPSA) is 97.1 Å². The van der Waals surface area contributed by atoms with Crippen molar-refractivity contribution < 1.29 is 12.8 Å². The van der Waals surface area contributed by atoms with E-state index in [1.807, 2.05) is 0 Å². The van der Waals surface area contributed by atoms with Gasteiger partial charge in [-0.25, -0.2) is 13.1 Å². The van der Waals surface area contributed by atoms with Crippen LogP contribution in [0, 0.1) is 6.92 Å². The fourth-order valence-electron chi connectivity index (χ4n) is 1.62. The quantitative estimate of drug-likeness (QED) is 0.842. The van der Waals surface area contributed by atoms with E-state index in [1.54, 1.807) is 31.2 Å². The summed E-state index contributed by atoms with van der Waals surface area (Å²) in [5, 5.41) is 10.4. The van der Waals surface area contributed by atoms with E-state index >= 15 is 0 Å². The molecule has 2 N–H and O–H groups in total. The Morgan fingerprint density at radius 1 is 1.19 bits per heavy atom. The molecule has 0 saturated heterocycles. The molecule has 21 heavy (non-hydrogen) atoms. The standard InChI is InChI=1S/C13H18N4O3S/c1-9(2)14-8-11-4-6-12(7-5-11)21(18,19)17-13-16-15-10(3)20-13/h4-7,9,14H,8H2,1-3H3,(H,16,17). The maximum atomic E-state index is 12.1. The van der Waals surface area contributed by atoms with Crippen molar-refractivity contribution in [2.45, 2.75) is 38.3 Å². The first-order chi connectivity index (χ1) is 9.87. The Morgan fingerprint density at radius 2 is 1.86 bits per heavy atom. The van der Waals surface area contributed by atoms with E-state index in [-0.39, 0.29) is 10.9 Å². The van der Waals surface area contributed by atoms with E-state index in [4.69, 9.17) is 4.42 Å². The normalized spacial score (nSPS) is 11.8. The number of aryl methyl sites for hydroxylation is 1. The smallest absolute Gasteiger partial charge is 0.329 e. The average Bonchev–Trinajstić information content (AvgIpc) is 2.81. The second-order valence-electron chi connectivity index (χ2n) is 4.91. The molecule has 0 atom stereocenters. The number of sulfonamides is 1. The SMILES string of the molecule is Cc1nnc(NS(=O)(=O)c2ccc(CNC(C)C)cc2)o1. The number of aromatic nitrogens is 2. The molecule has 0 radical (unpaired) electrons. The molecule has 114 valence electrons. The first kappa shape index (κ1) is 15.5. The minimum atomic E-state index is -3.71. The van der Waals surface area contributed by atoms with Gasteiger partial charge in [0.15, 0.2) is 0 Å². The lowest BCUT2D eigenvalue weighted by Gasteiger charge is -2.09. The molecule has 7 nitrogen and oxygen atoms in total. The van der Waals surface area contributed by atoms with Crippen LogP contribution in [-0.4, -0.2) is 24.7 Å². The predicted octanol–water partition coefficient (Wildman–Crippen LogP) is 1.68. The zero-order chi connectivity index (χ0) is 15.5. The van der Waals surface area contributed by atoms with Crippen LogP contribution >= 0.6 is 0 Å². The highest BCUT2D eigenvalue weighted by Gasteiger charge is 2.17. The Bertz CT molecular complexity index is 692. The van der Waals surface area contributed by atoms with Crippen molar-refractivity contribution >= 4 is 16.0 Å². The van der Waals surface area contributed by atoms with E-state index in [0.717, 1.165) is 5.56 Å². The molecule has 0 aliphatic heterocycles. The maximum absolute atomic E-state index is 12.1. The van der Waals surface area contributed by atoms with Gasteiger partial charge in [0.25, 0.3) is 10.0 Å². The van der Waals surface area contributed by atoms with Gasteiger partial charge in [0, 0.05) is 19.5 Å². The summed E-state index contributed by atoms with van der Waals surface area (Å²) in [5.74, 6) is 0.294. The lowest BCUT2D eigenvalue weighted by atomic mass is 10.2. The van der Waals surface area contributed by atoms with E-state index < -0.39 is 10.0 Å². The molecular weight excluding hydrogens is 292 g/mol. The van der Waals surface area contributed by atoms with Gasteiger partial charge < -0.3 is 9.73 Å². The van der Waals surface area contributed by atoms with Gasteiger partial charge in [0.05, 0.1) is 4.90 Å². The first-order valence-corrected chi connectivity index (χ1v) is 8.00. The van der Waals surface area contributed by atoms with Crippen LogP contribution in [0.5, 0.6) is 0 Å². The van der Waals surface area contributed by atoms with Crippen molar-refractivity contribution in [2.24, 2.45) is 0 Å². The van der Waals surface area contributed by atoms with E-state index in [9.17, 15) is 8.42 Å². The van der Waals surface area contributed by atoms with Gasteiger partial charge in [-0.1, -0.05) is 31.1 Å². The monoisotopic (exact) mass is 310 g/mol. The molecule has 0 fully saturated rings. The molecule has 0 unspecified atom stereocenters. The number of rotatable bonds is 6. The highest BCUT2D eigenvalue weighted by atomic mass is 32.2. The average molecular weight is 310 g/mol. The number of benzene rings is 1. The van der Waals surface area contributed by atoms with Crippen LogP contribution in [0.25, 0.3) is 0 Å². The van der Waals surface area contributed by atoms with Crippen LogP contribution in [0.2, 0.25) is 0 Å². The Balaban J connectivity index is 2.09. The summed E-state index contributed by atoms with van der Waals surface area (Å²) in [7, 11) is -3.71. The zero-order valence-corrected chi connectivity index (χ0v) is 12.9. The van der Waals surface area contributed by atoms with Gasteiger partial charge in [-0.3, -0.25) is 0 Å². The minimum Gasteiger partial charge on any atom is -0.408 e. The van der Waals surface area contributed by atoms with Crippen LogP contribution in [0.3, 0.4) is 0 Å². The summed E-state index contributed by atoms with van der Waals surface area (Å²) in [6, 6.07) is 6.85. The van der Waals surface area contributed by atoms with Crippen LogP contribution in [-0.2, 0) is 16.6 Å². The molecule has 8 heteroatoms. The van der Waals surface area contributed by atoms with Gasteiger partial charge >= 0.3 is 6.01 Å². The first-order valence-electron chi connectivity index (χ1n) is 6.52. The molecular formula is C13H18N4O3S. The highest BCUT2D eigenvalue weighted by molar-refractivity contribution is 7.92. The molecule has 0 saturated carbocycles.